The summed E-state index contributed by atoms with van der Waals surface area (Å²) in [6, 6.07) is 0.302. The number of carbonyl (C=O) groups excluding carboxylic acids is 2. The van der Waals surface area contributed by atoms with E-state index >= 15 is 0 Å². The molecule has 9 heteroatoms. The summed E-state index contributed by atoms with van der Waals surface area (Å²) in [7, 11) is 6.10. The molecule has 3 amide bonds. The average Bonchev–Trinajstić information content (AvgIpc) is 2.50. The zero-order chi connectivity index (χ0) is 12.8. The molecule has 3 atom stereocenters. The molecule has 0 aromatic carbocycles. The van der Waals surface area contributed by atoms with E-state index in [0.717, 1.165) is 25.9 Å². The summed E-state index contributed by atoms with van der Waals surface area (Å²) < 4.78 is 6.38. The number of nitrogens with zero attached hydrogens (tertiary/aromatic N) is 3. The molecule has 3 unspecified atom stereocenters. The standard InChI is InChI=1S/C6H11N2O2P.C2H7N2OP/c9-6-7-3-1-2-5(4-7)8(6)10-11;1-4(6)3-2-5/h5H,1-4,11H2;2H,6H2,1H3,(H,3,5). The van der Waals surface area contributed by atoms with Crippen molar-refractivity contribution in [3.05, 3.63) is 0 Å². The van der Waals surface area contributed by atoms with Gasteiger partial charge in [0.25, 0.3) is 0 Å². The number of piperidine rings is 1. The Kier molecular flexibility index (Phi) is 6.06. The molecule has 0 aromatic heterocycles. The SMILES string of the molecule is CN(P)NC=O.O=C1N2CCCC(C2)N1OP. The van der Waals surface area contributed by atoms with E-state index in [0.29, 0.717) is 6.41 Å². The fourth-order valence-corrected chi connectivity index (χ4v) is 2.15. The number of hydrazine groups is 1. The Hall–Kier alpha value is -0.480. The van der Waals surface area contributed by atoms with Crippen LogP contribution in [-0.2, 0) is 9.42 Å². The maximum Gasteiger partial charge on any atom is 0.344 e. The van der Waals surface area contributed by atoms with Crippen LogP contribution in [0, 0.1) is 0 Å². The van der Waals surface area contributed by atoms with E-state index < -0.39 is 0 Å². The first kappa shape index (κ1) is 14.6. The van der Waals surface area contributed by atoms with Gasteiger partial charge in [0.15, 0.2) is 0 Å². The molecule has 2 fully saturated rings. The average molecular weight is 280 g/mol. The van der Waals surface area contributed by atoms with Crippen molar-refractivity contribution in [1.29, 1.82) is 0 Å². The van der Waals surface area contributed by atoms with Crippen molar-refractivity contribution < 1.29 is 14.2 Å². The van der Waals surface area contributed by atoms with Crippen LogP contribution in [0.25, 0.3) is 0 Å². The van der Waals surface area contributed by atoms with Crippen LogP contribution in [0.15, 0.2) is 0 Å². The lowest BCUT2D eigenvalue weighted by molar-refractivity contribution is -0.111. The monoisotopic (exact) mass is 280 g/mol. The highest BCUT2D eigenvalue weighted by molar-refractivity contribution is 7.13. The molecule has 17 heavy (non-hydrogen) atoms. The molecular formula is C8H18N4O3P2. The summed E-state index contributed by atoms with van der Waals surface area (Å²) in [5.41, 5.74) is 2.32. The molecule has 2 aliphatic heterocycles. The zero-order valence-electron chi connectivity index (χ0n) is 9.70. The van der Waals surface area contributed by atoms with Gasteiger partial charge in [-0.1, -0.05) is 0 Å². The number of fused-ring (bicyclic) bond motifs is 2. The summed E-state index contributed by atoms with van der Waals surface area (Å²) >= 11 is 0. The van der Waals surface area contributed by atoms with Crippen LogP contribution in [0.1, 0.15) is 12.8 Å². The van der Waals surface area contributed by atoms with E-state index in [1.165, 1.54) is 9.84 Å². The maximum absolute atomic E-state index is 11.3. The number of amides is 3. The second kappa shape index (κ2) is 7.07. The molecule has 1 N–H and O–H groups in total. The molecule has 2 saturated heterocycles. The third-order valence-electron chi connectivity index (χ3n) is 2.56. The molecule has 98 valence electrons. The van der Waals surface area contributed by atoms with E-state index in [4.69, 9.17) is 4.62 Å². The van der Waals surface area contributed by atoms with Crippen LogP contribution in [-0.4, -0.2) is 53.4 Å². The number of carbonyl (C=O) groups is 2. The van der Waals surface area contributed by atoms with Gasteiger partial charge in [0.2, 0.25) is 6.41 Å². The fraction of sp³-hybridized carbons (Fsp3) is 0.750. The van der Waals surface area contributed by atoms with Crippen molar-refractivity contribution >= 4 is 31.3 Å². The normalized spacial score (nSPS) is 22.4. The molecule has 0 aliphatic carbocycles. The van der Waals surface area contributed by atoms with E-state index in [2.05, 4.69) is 24.3 Å². The summed E-state index contributed by atoms with van der Waals surface area (Å²) in [6.07, 6.45) is 2.77. The highest BCUT2D eigenvalue weighted by atomic mass is 31.0. The van der Waals surface area contributed by atoms with Gasteiger partial charge in [-0.05, 0) is 22.2 Å². The largest absolute Gasteiger partial charge is 0.344 e. The van der Waals surface area contributed by atoms with Gasteiger partial charge in [0.1, 0.15) is 0 Å². The van der Waals surface area contributed by atoms with Crippen molar-refractivity contribution in [3.63, 3.8) is 0 Å². The molecule has 0 aromatic rings. The van der Waals surface area contributed by atoms with Gasteiger partial charge >= 0.3 is 6.03 Å². The summed E-state index contributed by atoms with van der Waals surface area (Å²) in [6.45, 7) is 1.73. The Balaban J connectivity index is 0.000000209. The smallest absolute Gasteiger partial charge is 0.321 e. The van der Waals surface area contributed by atoms with Crippen LogP contribution < -0.4 is 5.43 Å². The number of nitrogens with one attached hydrogen (secondary N) is 1. The number of hydrogen-bond donors (Lipinski definition) is 1. The van der Waals surface area contributed by atoms with Crippen molar-refractivity contribution in [1.82, 2.24) is 20.2 Å². The van der Waals surface area contributed by atoms with Gasteiger partial charge in [-0.15, -0.1) is 0 Å². The number of rotatable bonds is 3. The van der Waals surface area contributed by atoms with Gasteiger partial charge in [0.05, 0.1) is 6.04 Å². The summed E-state index contributed by atoms with van der Waals surface area (Å²) in [5.74, 6) is 0. The predicted molar refractivity (Wildman–Crippen MR) is 69.3 cm³/mol. The Morgan fingerprint density at radius 1 is 1.65 bits per heavy atom. The molecule has 2 aliphatic rings. The third kappa shape index (κ3) is 4.03. The first-order valence-electron chi connectivity index (χ1n) is 5.23. The van der Waals surface area contributed by atoms with Crippen molar-refractivity contribution in [2.24, 2.45) is 0 Å². The maximum atomic E-state index is 11.3. The zero-order valence-corrected chi connectivity index (χ0v) is 12.0. The minimum Gasteiger partial charge on any atom is -0.321 e. The van der Waals surface area contributed by atoms with Gasteiger partial charge in [0, 0.05) is 29.6 Å². The van der Waals surface area contributed by atoms with Crippen LogP contribution in [0.2, 0.25) is 0 Å². The van der Waals surface area contributed by atoms with Crippen molar-refractivity contribution in [2.75, 3.05) is 20.1 Å². The van der Waals surface area contributed by atoms with Gasteiger partial charge in [-0.25, -0.2) is 9.57 Å². The second-order valence-electron chi connectivity index (χ2n) is 3.81. The van der Waals surface area contributed by atoms with E-state index in [1.807, 2.05) is 4.90 Å². The molecular weight excluding hydrogens is 262 g/mol. The third-order valence-corrected chi connectivity index (χ3v) is 2.93. The topological polar surface area (TPSA) is 65.1 Å². The van der Waals surface area contributed by atoms with Crippen LogP contribution in [0.4, 0.5) is 4.79 Å². The minimum absolute atomic E-state index is 0.0162. The highest BCUT2D eigenvalue weighted by Crippen LogP contribution is 2.26. The molecule has 2 bridgehead atoms. The molecule has 0 spiro atoms. The molecule has 2 heterocycles. The van der Waals surface area contributed by atoms with Crippen LogP contribution in [0.3, 0.4) is 0 Å². The van der Waals surface area contributed by atoms with Crippen LogP contribution in [0.5, 0.6) is 0 Å². The van der Waals surface area contributed by atoms with Crippen molar-refractivity contribution in [3.8, 4) is 0 Å². The highest BCUT2D eigenvalue weighted by Gasteiger charge is 2.40. The van der Waals surface area contributed by atoms with Gasteiger partial charge in [-0.2, -0.15) is 5.06 Å². The quantitative estimate of drug-likeness (QED) is 0.448. The van der Waals surface area contributed by atoms with E-state index in [-0.39, 0.29) is 12.1 Å². The number of hydrogen-bond acceptors (Lipinski definition) is 4. The van der Waals surface area contributed by atoms with Crippen molar-refractivity contribution in [2.45, 2.75) is 18.9 Å². The Labute approximate surface area is 105 Å². The lowest BCUT2D eigenvalue weighted by Gasteiger charge is -2.20. The molecule has 0 saturated carbocycles. The second-order valence-corrected chi connectivity index (χ2v) is 4.80. The first-order chi connectivity index (χ1) is 8.10. The minimum atomic E-state index is 0.0162. The molecule has 0 radical (unpaired) electrons. The Morgan fingerprint density at radius 2 is 2.35 bits per heavy atom. The molecule has 7 nitrogen and oxygen atoms in total. The number of urea groups is 1. The lowest BCUT2D eigenvalue weighted by Crippen LogP contribution is -2.30. The lowest BCUT2D eigenvalue weighted by atomic mass is 10.1. The predicted octanol–water partition coefficient (Wildman–Crippen LogP) is -0.0226. The summed E-state index contributed by atoms with van der Waals surface area (Å²) in [4.78, 5) is 22.6. The Morgan fingerprint density at radius 3 is 2.76 bits per heavy atom. The fourth-order valence-electron chi connectivity index (χ4n) is 1.83. The van der Waals surface area contributed by atoms with Gasteiger partial charge < -0.3 is 4.90 Å². The Bertz CT molecular complexity index is 279. The van der Waals surface area contributed by atoms with E-state index in [9.17, 15) is 9.59 Å². The number of hydroxylamine groups is 2. The van der Waals surface area contributed by atoms with Gasteiger partial charge in [-0.3, -0.25) is 14.8 Å². The summed E-state index contributed by atoms with van der Waals surface area (Å²) in [5, 5.41) is 1.46. The molecule has 2 rings (SSSR count). The van der Waals surface area contributed by atoms with E-state index in [1.54, 1.807) is 7.05 Å². The van der Waals surface area contributed by atoms with Crippen LogP contribution >= 0.6 is 18.9 Å². The first-order valence-corrected chi connectivity index (χ1v) is 6.22.